The van der Waals surface area contributed by atoms with Crippen LogP contribution in [0.4, 0.5) is 0 Å². The van der Waals surface area contributed by atoms with Gasteiger partial charge in [0.25, 0.3) is 0 Å². The molecule has 0 saturated heterocycles. The third-order valence-corrected chi connectivity index (χ3v) is 12.6. The SMILES string of the molecule is CCCCCCCCCCCCCCCC(=O)OC[C@@H](COC(=O)CCCCCCCCCCCCCCCCC(C)CC)OC(=O)CCCCCCCCCCC(C)C. The first-order valence-electron chi connectivity index (χ1n) is 26.8. The Morgan fingerprint density at radius 3 is 0.950 bits per heavy atom. The monoisotopic (exact) mass is 849 g/mol. The molecule has 6 nitrogen and oxygen atoms in total. The van der Waals surface area contributed by atoms with Crippen LogP contribution < -0.4 is 0 Å². The first-order chi connectivity index (χ1) is 29.3. The number of hydrogen-bond acceptors (Lipinski definition) is 6. The van der Waals surface area contributed by atoms with Crippen LogP contribution in [-0.2, 0) is 28.6 Å². The Labute approximate surface area is 374 Å². The number of carbonyl (C=O) groups is 3. The average Bonchev–Trinajstić information content (AvgIpc) is 3.23. The van der Waals surface area contributed by atoms with Gasteiger partial charge < -0.3 is 14.2 Å². The predicted molar refractivity (Wildman–Crippen MR) is 256 cm³/mol. The van der Waals surface area contributed by atoms with E-state index in [9.17, 15) is 14.4 Å². The minimum absolute atomic E-state index is 0.0639. The highest BCUT2D eigenvalue weighted by molar-refractivity contribution is 5.71. The first-order valence-corrected chi connectivity index (χ1v) is 26.8. The van der Waals surface area contributed by atoms with Crippen molar-refractivity contribution in [3.63, 3.8) is 0 Å². The molecule has 0 aromatic heterocycles. The lowest BCUT2D eigenvalue weighted by Crippen LogP contribution is -2.30. The molecule has 0 aliphatic carbocycles. The highest BCUT2D eigenvalue weighted by atomic mass is 16.6. The standard InChI is InChI=1S/C54H104O6/c1-6-8-9-10-11-12-13-16-20-23-29-34-39-44-52(55)58-47-51(60-54(57)46-41-36-31-26-25-27-32-37-42-49(3)4)48-59-53(56)45-40-35-30-24-21-18-15-14-17-19-22-28-33-38-43-50(5)7-2/h49-51H,6-48H2,1-5H3/t50?,51-/m0/s1. The first kappa shape index (κ1) is 58.4. The molecule has 0 fully saturated rings. The van der Waals surface area contributed by atoms with E-state index in [2.05, 4.69) is 34.6 Å². The van der Waals surface area contributed by atoms with Gasteiger partial charge in [-0.05, 0) is 31.1 Å². The summed E-state index contributed by atoms with van der Waals surface area (Å²) in [6.45, 7) is 11.4. The van der Waals surface area contributed by atoms with Crippen molar-refractivity contribution in [3.05, 3.63) is 0 Å². The van der Waals surface area contributed by atoms with Gasteiger partial charge in [-0.15, -0.1) is 0 Å². The number of unbranched alkanes of at least 4 members (excludes halogenated alkanes) is 32. The Balaban J connectivity index is 4.26. The molecule has 0 rings (SSSR count). The van der Waals surface area contributed by atoms with Gasteiger partial charge in [0.1, 0.15) is 13.2 Å². The van der Waals surface area contributed by atoms with Crippen molar-refractivity contribution >= 4 is 17.9 Å². The van der Waals surface area contributed by atoms with Crippen molar-refractivity contribution in [1.82, 2.24) is 0 Å². The molecule has 0 aromatic carbocycles. The molecule has 60 heavy (non-hydrogen) atoms. The second-order valence-corrected chi connectivity index (χ2v) is 19.2. The van der Waals surface area contributed by atoms with Crippen LogP contribution in [0.1, 0.15) is 298 Å². The summed E-state index contributed by atoms with van der Waals surface area (Å²) in [6, 6.07) is 0. The van der Waals surface area contributed by atoms with Crippen molar-refractivity contribution in [2.45, 2.75) is 304 Å². The molecule has 0 saturated carbocycles. The molecule has 0 radical (unpaired) electrons. The summed E-state index contributed by atoms with van der Waals surface area (Å²) >= 11 is 0. The van der Waals surface area contributed by atoms with Crippen LogP contribution in [0.5, 0.6) is 0 Å². The van der Waals surface area contributed by atoms with E-state index in [4.69, 9.17) is 14.2 Å². The molecule has 0 aliphatic heterocycles. The van der Waals surface area contributed by atoms with E-state index in [0.29, 0.717) is 19.3 Å². The van der Waals surface area contributed by atoms with Gasteiger partial charge in [0.2, 0.25) is 0 Å². The summed E-state index contributed by atoms with van der Waals surface area (Å²) in [4.78, 5) is 38.0. The van der Waals surface area contributed by atoms with Gasteiger partial charge in [0, 0.05) is 19.3 Å². The molecule has 0 aromatic rings. The van der Waals surface area contributed by atoms with Crippen LogP contribution in [-0.4, -0.2) is 37.2 Å². The van der Waals surface area contributed by atoms with Gasteiger partial charge in [-0.2, -0.15) is 0 Å². The highest BCUT2D eigenvalue weighted by Crippen LogP contribution is 2.18. The third-order valence-electron chi connectivity index (χ3n) is 12.6. The second-order valence-electron chi connectivity index (χ2n) is 19.2. The molecule has 2 atom stereocenters. The maximum atomic E-state index is 12.8. The molecule has 356 valence electrons. The number of ether oxygens (including phenoxy) is 3. The number of carbonyl (C=O) groups excluding carboxylic acids is 3. The van der Waals surface area contributed by atoms with Crippen LogP contribution in [0, 0.1) is 11.8 Å². The quantitative estimate of drug-likeness (QED) is 0.0345. The number of rotatable bonds is 48. The Kier molecular flexibility index (Phi) is 45.7. The minimum atomic E-state index is -0.762. The summed E-state index contributed by atoms with van der Waals surface area (Å²) in [5.41, 5.74) is 0. The Bertz CT molecular complexity index is 918. The Morgan fingerprint density at radius 1 is 0.350 bits per heavy atom. The molecular formula is C54H104O6. The molecular weight excluding hydrogens is 745 g/mol. The van der Waals surface area contributed by atoms with Crippen LogP contribution in [0.15, 0.2) is 0 Å². The van der Waals surface area contributed by atoms with Crippen molar-refractivity contribution < 1.29 is 28.6 Å². The summed E-state index contributed by atoms with van der Waals surface area (Å²) in [7, 11) is 0. The van der Waals surface area contributed by atoms with Crippen LogP contribution >= 0.6 is 0 Å². The van der Waals surface area contributed by atoms with Gasteiger partial charge in [0.15, 0.2) is 6.10 Å². The van der Waals surface area contributed by atoms with Crippen LogP contribution in [0.25, 0.3) is 0 Å². The zero-order valence-corrected chi connectivity index (χ0v) is 41.1. The molecule has 1 unspecified atom stereocenters. The predicted octanol–water partition coefficient (Wildman–Crippen LogP) is 17.3. The topological polar surface area (TPSA) is 78.9 Å². The normalized spacial score (nSPS) is 12.5. The van der Waals surface area contributed by atoms with Crippen molar-refractivity contribution in [2.75, 3.05) is 13.2 Å². The van der Waals surface area contributed by atoms with E-state index in [1.807, 2.05) is 0 Å². The lowest BCUT2D eigenvalue weighted by molar-refractivity contribution is -0.167. The largest absolute Gasteiger partial charge is 0.462 e. The van der Waals surface area contributed by atoms with Gasteiger partial charge in [0.05, 0.1) is 0 Å². The van der Waals surface area contributed by atoms with E-state index in [0.717, 1.165) is 69.6 Å². The fraction of sp³-hybridized carbons (Fsp3) is 0.944. The van der Waals surface area contributed by atoms with Crippen molar-refractivity contribution in [2.24, 2.45) is 11.8 Å². The van der Waals surface area contributed by atoms with Gasteiger partial charge in [-0.25, -0.2) is 0 Å². The maximum absolute atomic E-state index is 12.8. The number of hydrogen-bond donors (Lipinski definition) is 0. The van der Waals surface area contributed by atoms with Crippen LogP contribution in [0.2, 0.25) is 0 Å². The summed E-state index contributed by atoms with van der Waals surface area (Å²) in [5.74, 6) is 0.841. The Morgan fingerprint density at radius 2 is 0.633 bits per heavy atom. The van der Waals surface area contributed by atoms with Crippen molar-refractivity contribution in [3.8, 4) is 0 Å². The summed E-state index contributed by atoms with van der Waals surface area (Å²) in [6.07, 6.45) is 48.0. The molecule has 0 spiro atoms. The molecule has 0 heterocycles. The molecule has 0 bridgehead atoms. The summed E-state index contributed by atoms with van der Waals surface area (Å²) in [5, 5.41) is 0. The fourth-order valence-electron chi connectivity index (χ4n) is 8.13. The Hall–Kier alpha value is -1.59. The van der Waals surface area contributed by atoms with Gasteiger partial charge >= 0.3 is 17.9 Å². The van der Waals surface area contributed by atoms with E-state index < -0.39 is 6.10 Å². The molecule has 0 N–H and O–H groups in total. The lowest BCUT2D eigenvalue weighted by Gasteiger charge is -2.18. The van der Waals surface area contributed by atoms with Gasteiger partial charge in [-0.1, -0.05) is 259 Å². The third kappa shape index (κ3) is 45.9. The number of esters is 3. The van der Waals surface area contributed by atoms with Crippen LogP contribution in [0.3, 0.4) is 0 Å². The van der Waals surface area contributed by atoms with Crippen molar-refractivity contribution in [1.29, 1.82) is 0 Å². The second kappa shape index (κ2) is 46.9. The zero-order valence-electron chi connectivity index (χ0n) is 41.1. The maximum Gasteiger partial charge on any atom is 0.306 e. The molecule has 6 heteroatoms. The minimum Gasteiger partial charge on any atom is -0.462 e. The molecule has 0 aliphatic rings. The van der Waals surface area contributed by atoms with E-state index in [1.165, 1.54) is 186 Å². The average molecular weight is 849 g/mol. The van der Waals surface area contributed by atoms with E-state index >= 15 is 0 Å². The summed E-state index contributed by atoms with van der Waals surface area (Å²) < 4.78 is 16.8. The molecule has 0 amide bonds. The van der Waals surface area contributed by atoms with E-state index in [1.54, 1.807) is 0 Å². The zero-order chi connectivity index (χ0) is 44.0. The smallest absolute Gasteiger partial charge is 0.306 e. The van der Waals surface area contributed by atoms with Gasteiger partial charge in [-0.3, -0.25) is 14.4 Å². The highest BCUT2D eigenvalue weighted by Gasteiger charge is 2.19. The lowest BCUT2D eigenvalue weighted by atomic mass is 9.99. The van der Waals surface area contributed by atoms with E-state index in [-0.39, 0.29) is 31.1 Å². The fourth-order valence-corrected chi connectivity index (χ4v) is 8.13.